The van der Waals surface area contributed by atoms with Crippen molar-refractivity contribution in [3.63, 3.8) is 0 Å². The molecule has 0 aliphatic heterocycles. The fourth-order valence-electron chi connectivity index (χ4n) is 0.991. The zero-order valence-electron chi connectivity index (χ0n) is 8.70. The SMILES string of the molecule is C=C=Cc1c(/N=C(/C)NC)ncn1C. The van der Waals surface area contributed by atoms with Crippen molar-refractivity contribution in [3.05, 3.63) is 24.3 Å². The molecule has 0 aliphatic carbocycles. The Morgan fingerprint density at radius 2 is 2.50 bits per heavy atom. The molecule has 0 saturated carbocycles. The molecule has 4 nitrogen and oxygen atoms in total. The Kier molecular flexibility index (Phi) is 3.26. The van der Waals surface area contributed by atoms with Crippen LogP contribution in [0.5, 0.6) is 0 Å². The van der Waals surface area contributed by atoms with Crippen LogP contribution in [0.25, 0.3) is 6.08 Å². The number of amidine groups is 1. The van der Waals surface area contributed by atoms with Gasteiger partial charge in [-0.2, -0.15) is 0 Å². The molecule has 1 N–H and O–H groups in total. The second-order valence-corrected chi connectivity index (χ2v) is 2.86. The van der Waals surface area contributed by atoms with E-state index in [1.807, 2.05) is 25.6 Å². The fraction of sp³-hybridized carbons (Fsp3) is 0.300. The summed E-state index contributed by atoms with van der Waals surface area (Å²) in [6.45, 7) is 5.42. The third-order valence-corrected chi connectivity index (χ3v) is 1.84. The van der Waals surface area contributed by atoms with Crippen LogP contribution in [-0.4, -0.2) is 22.4 Å². The molecule has 0 aromatic carbocycles. The summed E-state index contributed by atoms with van der Waals surface area (Å²) in [5.74, 6) is 1.50. The number of aromatic nitrogens is 2. The molecule has 0 atom stereocenters. The number of nitrogens with zero attached hydrogens (tertiary/aromatic N) is 3. The maximum absolute atomic E-state index is 4.29. The average molecular weight is 190 g/mol. The minimum absolute atomic E-state index is 0.676. The average Bonchev–Trinajstić information content (AvgIpc) is 2.50. The lowest BCUT2D eigenvalue weighted by Gasteiger charge is -1.98. The van der Waals surface area contributed by atoms with E-state index in [4.69, 9.17) is 0 Å². The summed E-state index contributed by atoms with van der Waals surface area (Å²) in [5, 5.41) is 2.94. The minimum atomic E-state index is 0.676. The summed E-state index contributed by atoms with van der Waals surface area (Å²) in [4.78, 5) is 8.45. The molecule has 1 heterocycles. The second kappa shape index (κ2) is 4.44. The molecule has 1 aromatic rings. The van der Waals surface area contributed by atoms with Gasteiger partial charge in [-0.05, 0) is 6.92 Å². The monoisotopic (exact) mass is 190 g/mol. The van der Waals surface area contributed by atoms with Crippen molar-refractivity contribution in [3.8, 4) is 0 Å². The van der Waals surface area contributed by atoms with Crippen LogP contribution in [0.4, 0.5) is 5.82 Å². The molecule has 0 saturated heterocycles. The van der Waals surface area contributed by atoms with Crippen molar-refractivity contribution in [2.45, 2.75) is 6.92 Å². The smallest absolute Gasteiger partial charge is 0.179 e. The second-order valence-electron chi connectivity index (χ2n) is 2.86. The Morgan fingerprint density at radius 3 is 3.07 bits per heavy atom. The van der Waals surface area contributed by atoms with Crippen molar-refractivity contribution in [2.24, 2.45) is 12.0 Å². The van der Waals surface area contributed by atoms with E-state index in [0.29, 0.717) is 5.82 Å². The molecular weight excluding hydrogens is 176 g/mol. The van der Waals surface area contributed by atoms with Gasteiger partial charge in [0.15, 0.2) is 5.82 Å². The van der Waals surface area contributed by atoms with Gasteiger partial charge in [-0.1, -0.05) is 6.58 Å². The minimum Gasteiger partial charge on any atom is -0.377 e. The van der Waals surface area contributed by atoms with E-state index in [1.54, 1.807) is 12.4 Å². The lowest BCUT2D eigenvalue weighted by molar-refractivity contribution is 0.902. The highest BCUT2D eigenvalue weighted by Crippen LogP contribution is 2.16. The molecule has 74 valence electrons. The first kappa shape index (κ1) is 10.3. The van der Waals surface area contributed by atoms with Gasteiger partial charge < -0.3 is 9.88 Å². The van der Waals surface area contributed by atoms with Crippen molar-refractivity contribution < 1.29 is 0 Å². The van der Waals surface area contributed by atoms with Crippen LogP contribution < -0.4 is 5.32 Å². The number of hydrogen-bond donors (Lipinski definition) is 1. The number of aryl methyl sites for hydroxylation is 1. The Bertz CT molecular complexity index is 394. The van der Waals surface area contributed by atoms with E-state index >= 15 is 0 Å². The zero-order chi connectivity index (χ0) is 10.6. The van der Waals surface area contributed by atoms with Crippen molar-refractivity contribution in [1.82, 2.24) is 14.9 Å². The van der Waals surface area contributed by atoms with Gasteiger partial charge in [0.2, 0.25) is 0 Å². The molecule has 0 radical (unpaired) electrons. The van der Waals surface area contributed by atoms with E-state index in [2.05, 4.69) is 27.6 Å². The quantitative estimate of drug-likeness (QED) is 0.436. The van der Waals surface area contributed by atoms with Crippen molar-refractivity contribution in [1.29, 1.82) is 0 Å². The lowest BCUT2D eigenvalue weighted by Crippen LogP contribution is -2.12. The summed E-state index contributed by atoms with van der Waals surface area (Å²) in [7, 11) is 3.73. The summed E-state index contributed by atoms with van der Waals surface area (Å²) >= 11 is 0. The van der Waals surface area contributed by atoms with E-state index in [9.17, 15) is 0 Å². The van der Waals surface area contributed by atoms with Gasteiger partial charge in [0.1, 0.15) is 5.84 Å². The zero-order valence-corrected chi connectivity index (χ0v) is 8.70. The van der Waals surface area contributed by atoms with Crippen LogP contribution in [0, 0.1) is 0 Å². The number of rotatable bonds is 2. The van der Waals surface area contributed by atoms with Gasteiger partial charge in [-0.3, -0.25) is 0 Å². The van der Waals surface area contributed by atoms with Gasteiger partial charge >= 0.3 is 0 Å². The standard InChI is InChI=1S/C10H14N4/c1-5-6-9-10(12-7-14(9)4)13-8(2)11-3/h6-7H,1H2,2-4H3,(H,11,13). The predicted octanol–water partition coefficient (Wildman–Crippen LogP) is 1.49. The first-order valence-corrected chi connectivity index (χ1v) is 4.29. The number of nitrogens with one attached hydrogen (secondary N) is 1. The molecule has 0 amide bonds. The Labute approximate surface area is 83.7 Å². The van der Waals surface area contributed by atoms with E-state index in [0.717, 1.165) is 11.5 Å². The highest BCUT2D eigenvalue weighted by molar-refractivity contribution is 5.82. The van der Waals surface area contributed by atoms with Crippen LogP contribution in [0.3, 0.4) is 0 Å². The number of imidazole rings is 1. The maximum atomic E-state index is 4.29. The van der Waals surface area contributed by atoms with Gasteiger partial charge in [-0.25, -0.2) is 9.98 Å². The highest BCUT2D eigenvalue weighted by atomic mass is 15.1. The normalized spacial score (nSPS) is 10.9. The topological polar surface area (TPSA) is 42.2 Å². The van der Waals surface area contributed by atoms with E-state index in [1.165, 1.54) is 0 Å². The number of hydrogen-bond acceptors (Lipinski definition) is 2. The summed E-state index contributed by atoms with van der Waals surface area (Å²) in [6, 6.07) is 0. The molecular formula is C10H14N4. The molecule has 0 bridgehead atoms. The Morgan fingerprint density at radius 1 is 1.79 bits per heavy atom. The first-order valence-electron chi connectivity index (χ1n) is 4.29. The molecule has 0 spiro atoms. The van der Waals surface area contributed by atoms with Gasteiger partial charge in [0, 0.05) is 20.2 Å². The van der Waals surface area contributed by atoms with Crippen molar-refractivity contribution >= 4 is 17.7 Å². The van der Waals surface area contributed by atoms with Crippen LogP contribution in [-0.2, 0) is 7.05 Å². The molecule has 0 fully saturated rings. The first-order chi connectivity index (χ1) is 6.69. The van der Waals surface area contributed by atoms with Gasteiger partial charge in [-0.15, -0.1) is 5.73 Å². The summed E-state index contributed by atoms with van der Waals surface area (Å²) < 4.78 is 1.87. The molecule has 14 heavy (non-hydrogen) atoms. The van der Waals surface area contributed by atoms with Crippen LogP contribution >= 0.6 is 0 Å². The van der Waals surface area contributed by atoms with Crippen LogP contribution in [0.15, 0.2) is 23.6 Å². The Balaban J connectivity index is 3.15. The Hall–Kier alpha value is -1.80. The predicted molar refractivity (Wildman–Crippen MR) is 58.6 cm³/mol. The van der Waals surface area contributed by atoms with E-state index < -0.39 is 0 Å². The molecule has 0 unspecified atom stereocenters. The van der Waals surface area contributed by atoms with Crippen LogP contribution in [0.2, 0.25) is 0 Å². The third kappa shape index (κ3) is 2.12. The summed E-state index contributed by atoms with van der Waals surface area (Å²) in [6.07, 6.45) is 3.47. The molecule has 0 aliphatic rings. The molecule has 1 rings (SSSR count). The molecule has 4 heteroatoms. The van der Waals surface area contributed by atoms with Gasteiger partial charge in [0.05, 0.1) is 12.0 Å². The van der Waals surface area contributed by atoms with E-state index in [-0.39, 0.29) is 0 Å². The largest absolute Gasteiger partial charge is 0.377 e. The lowest BCUT2D eigenvalue weighted by atomic mass is 10.4. The third-order valence-electron chi connectivity index (χ3n) is 1.84. The molecule has 1 aromatic heterocycles. The van der Waals surface area contributed by atoms with Crippen molar-refractivity contribution in [2.75, 3.05) is 7.05 Å². The highest BCUT2D eigenvalue weighted by Gasteiger charge is 2.04. The number of aliphatic imine (C=N–C) groups is 1. The summed E-state index contributed by atoms with van der Waals surface area (Å²) in [5.41, 5.74) is 3.61. The van der Waals surface area contributed by atoms with Gasteiger partial charge in [0.25, 0.3) is 0 Å². The van der Waals surface area contributed by atoms with Crippen LogP contribution in [0.1, 0.15) is 12.6 Å². The fourth-order valence-corrected chi connectivity index (χ4v) is 0.991. The maximum Gasteiger partial charge on any atom is 0.179 e.